The molecule has 0 spiro atoms. The molecule has 1 heterocycles. The molecule has 90 valence electrons. The summed E-state index contributed by atoms with van der Waals surface area (Å²) in [7, 11) is 0. The van der Waals surface area contributed by atoms with E-state index in [0.29, 0.717) is 21.1 Å². The number of furan rings is 1. The quantitative estimate of drug-likeness (QED) is 0.891. The average molecular weight is 335 g/mol. The first kappa shape index (κ1) is 13.0. The van der Waals surface area contributed by atoms with E-state index in [4.69, 9.17) is 33.4 Å². The molecule has 0 amide bonds. The topological polar surface area (TPSA) is 39.2 Å². The molecule has 2 rings (SSSR count). The van der Waals surface area contributed by atoms with E-state index in [0.717, 1.165) is 11.1 Å². The minimum Gasteiger partial charge on any atom is -0.457 e. The molecule has 2 N–H and O–H groups in total. The summed E-state index contributed by atoms with van der Waals surface area (Å²) in [5.41, 5.74) is 7.99. The van der Waals surface area contributed by atoms with E-state index in [9.17, 15) is 0 Å². The van der Waals surface area contributed by atoms with Crippen molar-refractivity contribution in [2.75, 3.05) is 0 Å². The zero-order valence-corrected chi connectivity index (χ0v) is 11.9. The maximum absolute atomic E-state index is 6.10. The van der Waals surface area contributed by atoms with Crippen molar-refractivity contribution in [3.63, 3.8) is 0 Å². The SMILES string of the molecule is NC(Cc1ccc(Cl)cc1Cl)c1ccoc1Br. The average Bonchev–Trinajstić information content (AvgIpc) is 2.68. The highest BCUT2D eigenvalue weighted by molar-refractivity contribution is 9.10. The van der Waals surface area contributed by atoms with Gasteiger partial charge in [-0.1, -0.05) is 29.3 Å². The van der Waals surface area contributed by atoms with Crippen LogP contribution in [-0.2, 0) is 6.42 Å². The lowest BCUT2D eigenvalue weighted by Crippen LogP contribution is -2.13. The second-order valence-electron chi connectivity index (χ2n) is 3.70. The summed E-state index contributed by atoms with van der Waals surface area (Å²) < 4.78 is 5.82. The zero-order valence-electron chi connectivity index (χ0n) is 8.79. The van der Waals surface area contributed by atoms with Crippen molar-refractivity contribution in [1.82, 2.24) is 0 Å². The summed E-state index contributed by atoms with van der Waals surface area (Å²) in [6.07, 6.45) is 2.23. The highest BCUT2D eigenvalue weighted by Crippen LogP contribution is 2.28. The lowest BCUT2D eigenvalue weighted by atomic mass is 10.0. The Labute approximate surface area is 118 Å². The third-order valence-electron chi connectivity index (χ3n) is 2.50. The zero-order chi connectivity index (χ0) is 12.4. The van der Waals surface area contributed by atoms with Gasteiger partial charge in [-0.25, -0.2) is 0 Å². The molecule has 2 aromatic rings. The molecule has 1 aromatic heterocycles. The molecule has 5 heteroatoms. The molecule has 0 aliphatic heterocycles. The van der Waals surface area contributed by atoms with E-state index >= 15 is 0 Å². The molecule has 2 nitrogen and oxygen atoms in total. The van der Waals surface area contributed by atoms with Gasteiger partial charge in [0.05, 0.1) is 6.26 Å². The molecule has 0 saturated carbocycles. The Morgan fingerprint density at radius 3 is 2.65 bits per heavy atom. The fraction of sp³-hybridized carbons (Fsp3) is 0.167. The first-order valence-electron chi connectivity index (χ1n) is 5.00. The second kappa shape index (κ2) is 5.44. The Morgan fingerprint density at radius 2 is 2.06 bits per heavy atom. The van der Waals surface area contributed by atoms with Crippen LogP contribution in [0.2, 0.25) is 10.0 Å². The molecule has 0 bridgehead atoms. The van der Waals surface area contributed by atoms with Crippen LogP contribution in [0.5, 0.6) is 0 Å². The van der Waals surface area contributed by atoms with Crippen LogP contribution in [-0.4, -0.2) is 0 Å². The predicted molar refractivity (Wildman–Crippen MR) is 73.5 cm³/mol. The molecule has 1 unspecified atom stereocenters. The number of hydrogen-bond acceptors (Lipinski definition) is 2. The number of rotatable bonds is 3. The van der Waals surface area contributed by atoms with Crippen LogP contribution in [0, 0.1) is 0 Å². The van der Waals surface area contributed by atoms with Crippen molar-refractivity contribution < 1.29 is 4.42 Å². The summed E-state index contributed by atoms with van der Waals surface area (Å²) in [5.74, 6) is 0. The van der Waals surface area contributed by atoms with Gasteiger partial charge in [0, 0.05) is 21.7 Å². The van der Waals surface area contributed by atoms with Gasteiger partial charge in [0.1, 0.15) is 0 Å². The van der Waals surface area contributed by atoms with Crippen molar-refractivity contribution in [2.45, 2.75) is 12.5 Å². The van der Waals surface area contributed by atoms with E-state index in [-0.39, 0.29) is 6.04 Å². The summed E-state index contributed by atoms with van der Waals surface area (Å²) in [6.45, 7) is 0. The minimum absolute atomic E-state index is 0.165. The molecule has 17 heavy (non-hydrogen) atoms. The number of hydrogen-bond donors (Lipinski definition) is 1. The predicted octanol–water partition coefficient (Wildman–Crippen LogP) is 4.59. The van der Waals surface area contributed by atoms with Crippen LogP contribution in [0.15, 0.2) is 39.6 Å². The Balaban J connectivity index is 2.19. The van der Waals surface area contributed by atoms with Crippen molar-refractivity contribution in [1.29, 1.82) is 0 Å². The molecule has 1 aromatic carbocycles. The van der Waals surface area contributed by atoms with Gasteiger partial charge < -0.3 is 10.2 Å². The van der Waals surface area contributed by atoms with Crippen LogP contribution >= 0.6 is 39.1 Å². The van der Waals surface area contributed by atoms with Crippen LogP contribution in [0.25, 0.3) is 0 Å². The first-order valence-corrected chi connectivity index (χ1v) is 6.55. The Morgan fingerprint density at radius 1 is 1.29 bits per heavy atom. The largest absolute Gasteiger partial charge is 0.457 e. The molecular formula is C12H10BrCl2NO. The number of halogens is 3. The molecule has 0 aliphatic rings. The van der Waals surface area contributed by atoms with Crippen molar-refractivity contribution in [2.24, 2.45) is 5.73 Å². The standard InChI is InChI=1S/C12H10BrCl2NO/c13-12-9(3-4-17-12)11(16)5-7-1-2-8(14)6-10(7)15/h1-4,6,11H,5,16H2. The number of nitrogens with two attached hydrogens (primary N) is 1. The van der Waals surface area contributed by atoms with Gasteiger partial charge in [0.25, 0.3) is 0 Å². The summed E-state index contributed by atoms with van der Waals surface area (Å²) >= 11 is 15.2. The van der Waals surface area contributed by atoms with E-state index in [1.165, 1.54) is 0 Å². The van der Waals surface area contributed by atoms with Gasteiger partial charge in [0.2, 0.25) is 0 Å². The molecule has 1 atom stereocenters. The van der Waals surface area contributed by atoms with Crippen LogP contribution < -0.4 is 5.73 Å². The lowest BCUT2D eigenvalue weighted by Gasteiger charge is -2.11. The fourth-order valence-electron chi connectivity index (χ4n) is 1.60. The van der Waals surface area contributed by atoms with E-state index in [1.807, 2.05) is 12.1 Å². The maximum atomic E-state index is 6.10. The molecule has 0 aliphatic carbocycles. The maximum Gasteiger partial charge on any atom is 0.173 e. The van der Waals surface area contributed by atoms with Gasteiger partial charge in [-0.3, -0.25) is 0 Å². The lowest BCUT2D eigenvalue weighted by molar-refractivity contribution is 0.531. The summed E-state index contributed by atoms with van der Waals surface area (Å²) in [4.78, 5) is 0. The van der Waals surface area contributed by atoms with Crippen molar-refractivity contribution >= 4 is 39.1 Å². The molecular weight excluding hydrogens is 325 g/mol. The molecule has 0 radical (unpaired) electrons. The fourth-order valence-corrected chi connectivity index (χ4v) is 2.62. The summed E-state index contributed by atoms with van der Waals surface area (Å²) in [5, 5.41) is 1.25. The highest BCUT2D eigenvalue weighted by Gasteiger charge is 2.14. The van der Waals surface area contributed by atoms with Crippen LogP contribution in [0.1, 0.15) is 17.2 Å². The van der Waals surface area contributed by atoms with E-state index in [1.54, 1.807) is 18.4 Å². The van der Waals surface area contributed by atoms with Gasteiger partial charge >= 0.3 is 0 Å². The third-order valence-corrected chi connectivity index (χ3v) is 3.73. The Hall–Kier alpha value is -0.480. The van der Waals surface area contributed by atoms with Gasteiger partial charge in [-0.2, -0.15) is 0 Å². The smallest absolute Gasteiger partial charge is 0.173 e. The highest BCUT2D eigenvalue weighted by atomic mass is 79.9. The van der Waals surface area contributed by atoms with Gasteiger partial charge in [-0.05, 0) is 46.1 Å². The first-order chi connectivity index (χ1) is 8.08. The summed E-state index contributed by atoms with van der Waals surface area (Å²) in [6, 6.07) is 7.09. The monoisotopic (exact) mass is 333 g/mol. The van der Waals surface area contributed by atoms with Gasteiger partial charge in [0.15, 0.2) is 4.67 Å². The normalized spacial score (nSPS) is 12.7. The Kier molecular flexibility index (Phi) is 4.15. The van der Waals surface area contributed by atoms with Crippen LogP contribution in [0.3, 0.4) is 0 Å². The minimum atomic E-state index is -0.165. The van der Waals surface area contributed by atoms with Crippen molar-refractivity contribution in [3.05, 3.63) is 56.4 Å². The van der Waals surface area contributed by atoms with E-state index in [2.05, 4.69) is 15.9 Å². The van der Waals surface area contributed by atoms with E-state index < -0.39 is 0 Å². The molecule has 0 saturated heterocycles. The van der Waals surface area contributed by atoms with Crippen LogP contribution in [0.4, 0.5) is 0 Å². The number of benzene rings is 1. The molecule has 0 fully saturated rings. The van der Waals surface area contributed by atoms with Gasteiger partial charge in [-0.15, -0.1) is 0 Å². The second-order valence-corrected chi connectivity index (χ2v) is 5.26. The Bertz CT molecular complexity index is 527. The van der Waals surface area contributed by atoms with Crippen molar-refractivity contribution in [3.8, 4) is 0 Å². The third kappa shape index (κ3) is 3.05.